The fraction of sp³-hybridized carbons (Fsp3) is 0.143. The van der Waals surface area contributed by atoms with E-state index >= 15 is 0 Å². The molecule has 0 aliphatic carbocycles. The van der Waals surface area contributed by atoms with E-state index in [1.54, 1.807) is 12.3 Å². The number of halogens is 1. The molecule has 0 saturated heterocycles. The van der Waals surface area contributed by atoms with Crippen LogP contribution in [0.25, 0.3) is 0 Å². The predicted molar refractivity (Wildman–Crippen MR) is 43.7 cm³/mol. The minimum Gasteiger partial charge on any atom is -0.326 e. The molecule has 1 N–H and O–H groups in total. The Kier molecular flexibility index (Phi) is 2.44. The predicted octanol–water partition coefficient (Wildman–Crippen LogP) is 1.61. The summed E-state index contributed by atoms with van der Waals surface area (Å²) in [5.74, 6) is 0. The Morgan fingerprint density at radius 1 is 1.73 bits per heavy atom. The lowest BCUT2D eigenvalue weighted by Gasteiger charge is -2.00. The van der Waals surface area contributed by atoms with E-state index in [1.807, 2.05) is 6.92 Å². The highest BCUT2D eigenvalue weighted by atomic mass is 35.5. The van der Waals surface area contributed by atoms with Crippen LogP contribution in [0.4, 0.5) is 5.69 Å². The molecule has 58 valence electrons. The second-order valence-corrected chi connectivity index (χ2v) is 2.47. The first kappa shape index (κ1) is 8.01. The van der Waals surface area contributed by atoms with Gasteiger partial charge in [0.1, 0.15) is 0 Å². The van der Waals surface area contributed by atoms with Crippen molar-refractivity contribution in [3.63, 3.8) is 0 Å². The van der Waals surface area contributed by atoms with Crippen LogP contribution in [0, 0.1) is 6.92 Å². The third-order valence-corrected chi connectivity index (χ3v) is 1.49. The maximum absolute atomic E-state index is 10.0. The number of carbonyl (C=O) groups excluding carboxylic acids is 1. The average Bonchev–Trinajstić information content (AvgIpc) is 1.98. The van der Waals surface area contributed by atoms with Gasteiger partial charge in [-0.15, -0.1) is 0 Å². The van der Waals surface area contributed by atoms with Gasteiger partial charge in [0.2, 0.25) is 6.41 Å². The first-order valence-electron chi connectivity index (χ1n) is 3.06. The summed E-state index contributed by atoms with van der Waals surface area (Å²) in [4.78, 5) is 13.9. The summed E-state index contributed by atoms with van der Waals surface area (Å²) in [7, 11) is 0. The van der Waals surface area contributed by atoms with Crippen molar-refractivity contribution in [3.05, 3.63) is 23.0 Å². The SMILES string of the molecule is Cc1cnc(Cl)c(NC=O)c1. The Bertz CT molecular complexity index is 275. The molecular weight excluding hydrogens is 164 g/mol. The molecule has 0 aromatic carbocycles. The van der Waals surface area contributed by atoms with E-state index in [-0.39, 0.29) is 0 Å². The molecule has 1 heterocycles. The van der Waals surface area contributed by atoms with Gasteiger partial charge >= 0.3 is 0 Å². The van der Waals surface area contributed by atoms with Crippen molar-refractivity contribution in [1.29, 1.82) is 0 Å². The maximum atomic E-state index is 10.0. The summed E-state index contributed by atoms with van der Waals surface area (Å²) in [5.41, 5.74) is 1.50. The molecule has 0 atom stereocenters. The smallest absolute Gasteiger partial charge is 0.211 e. The van der Waals surface area contributed by atoms with Crippen LogP contribution >= 0.6 is 11.6 Å². The number of carbonyl (C=O) groups is 1. The molecule has 0 saturated carbocycles. The van der Waals surface area contributed by atoms with E-state index in [2.05, 4.69) is 10.3 Å². The number of aromatic nitrogens is 1. The van der Waals surface area contributed by atoms with Gasteiger partial charge in [-0.25, -0.2) is 4.98 Å². The molecule has 0 unspecified atom stereocenters. The van der Waals surface area contributed by atoms with Crippen LogP contribution in [-0.2, 0) is 4.79 Å². The second-order valence-electron chi connectivity index (χ2n) is 2.11. The first-order valence-corrected chi connectivity index (χ1v) is 3.44. The lowest BCUT2D eigenvalue weighted by Crippen LogP contribution is -1.96. The van der Waals surface area contributed by atoms with Gasteiger partial charge in [-0.05, 0) is 18.6 Å². The van der Waals surface area contributed by atoms with Crippen LogP contribution in [0.1, 0.15) is 5.56 Å². The fourth-order valence-corrected chi connectivity index (χ4v) is 0.875. The molecule has 0 spiro atoms. The van der Waals surface area contributed by atoms with Crippen molar-refractivity contribution in [2.24, 2.45) is 0 Å². The normalized spacial score (nSPS) is 9.27. The van der Waals surface area contributed by atoms with E-state index in [0.717, 1.165) is 5.56 Å². The van der Waals surface area contributed by atoms with Gasteiger partial charge in [-0.2, -0.15) is 0 Å². The Hall–Kier alpha value is -1.09. The molecule has 0 bridgehead atoms. The third kappa shape index (κ3) is 1.91. The van der Waals surface area contributed by atoms with E-state index < -0.39 is 0 Å². The summed E-state index contributed by atoms with van der Waals surface area (Å²) in [6, 6.07) is 1.75. The van der Waals surface area contributed by atoms with Crippen LogP contribution in [0.3, 0.4) is 0 Å². The fourth-order valence-electron chi connectivity index (χ4n) is 0.717. The highest BCUT2D eigenvalue weighted by Crippen LogP contribution is 2.18. The molecule has 0 fully saturated rings. The van der Waals surface area contributed by atoms with E-state index in [4.69, 9.17) is 11.6 Å². The number of amides is 1. The van der Waals surface area contributed by atoms with Gasteiger partial charge in [-0.1, -0.05) is 11.6 Å². The lowest BCUT2D eigenvalue weighted by atomic mass is 10.3. The standard InChI is InChI=1S/C7H7ClN2O/c1-5-2-6(10-4-11)7(8)9-3-5/h2-4H,1H3,(H,10,11). The van der Waals surface area contributed by atoms with Crippen molar-refractivity contribution in [3.8, 4) is 0 Å². The van der Waals surface area contributed by atoms with Gasteiger partial charge in [0.25, 0.3) is 0 Å². The maximum Gasteiger partial charge on any atom is 0.211 e. The largest absolute Gasteiger partial charge is 0.326 e. The van der Waals surface area contributed by atoms with Crippen LogP contribution in [0.2, 0.25) is 5.15 Å². The lowest BCUT2D eigenvalue weighted by molar-refractivity contribution is -0.105. The zero-order valence-electron chi connectivity index (χ0n) is 5.97. The number of hydrogen-bond donors (Lipinski definition) is 1. The summed E-state index contributed by atoms with van der Waals surface area (Å²) in [6.07, 6.45) is 2.21. The zero-order chi connectivity index (χ0) is 8.27. The van der Waals surface area contributed by atoms with E-state index in [9.17, 15) is 4.79 Å². The molecule has 0 aliphatic rings. The number of hydrogen-bond acceptors (Lipinski definition) is 2. The van der Waals surface area contributed by atoms with Gasteiger partial charge in [-0.3, -0.25) is 4.79 Å². The second kappa shape index (κ2) is 3.34. The molecule has 0 radical (unpaired) electrons. The minimum absolute atomic E-state index is 0.308. The average molecular weight is 171 g/mol. The first-order chi connectivity index (χ1) is 5.24. The van der Waals surface area contributed by atoms with Crippen molar-refractivity contribution in [2.75, 3.05) is 5.32 Å². The van der Waals surface area contributed by atoms with Crippen LogP contribution in [-0.4, -0.2) is 11.4 Å². The number of nitrogens with zero attached hydrogens (tertiary/aromatic N) is 1. The van der Waals surface area contributed by atoms with Gasteiger partial charge in [0.05, 0.1) is 5.69 Å². The Morgan fingerprint density at radius 2 is 2.45 bits per heavy atom. The van der Waals surface area contributed by atoms with Crippen LogP contribution in [0.15, 0.2) is 12.3 Å². The molecule has 1 aromatic heterocycles. The van der Waals surface area contributed by atoms with E-state index in [1.165, 1.54) is 0 Å². The number of rotatable bonds is 2. The molecule has 1 amide bonds. The van der Waals surface area contributed by atoms with Crippen molar-refractivity contribution in [2.45, 2.75) is 6.92 Å². The Balaban J connectivity index is 3.01. The molecular formula is C7H7ClN2O. The zero-order valence-corrected chi connectivity index (χ0v) is 6.72. The molecule has 11 heavy (non-hydrogen) atoms. The number of nitrogens with one attached hydrogen (secondary N) is 1. The molecule has 4 heteroatoms. The Morgan fingerprint density at radius 3 is 3.09 bits per heavy atom. The highest BCUT2D eigenvalue weighted by molar-refractivity contribution is 6.32. The molecule has 1 aromatic rings. The van der Waals surface area contributed by atoms with Gasteiger partial charge in [0, 0.05) is 6.20 Å². The van der Waals surface area contributed by atoms with Crippen molar-refractivity contribution >= 4 is 23.7 Å². The monoisotopic (exact) mass is 170 g/mol. The quantitative estimate of drug-likeness (QED) is 0.541. The number of anilines is 1. The van der Waals surface area contributed by atoms with E-state index in [0.29, 0.717) is 17.3 Å². The summed E-state index contributed by atoms with van der Waals surface area (Å²) < 4.78 is 0. The van der Waals surface area contributed by atoms with Crippen LogP contribution < -0.4 is 5.32 Å². The summed E-state index contributed by atoms with van der Waals surface area (Å²) >= 11 is 5.64. The molecule has 0 aliphatic heterocycles. The van der Waals surface area contributed by atoms with Crippen molar-refractivity contribution in [1.82, 2.24) is 4.98 Å². The third-order valence-electron chi connectivity index (χ3n) is 1.19. The molecule has 3 nitrogen and oxygen atoms in total. The number of pyridine rings is 1. The molecule has 1 rings (SSSR count). The summed E-state index contributed by atoms with van der Waals surface area (Å²) in [5, 5.41) is 2.75. The Labute approximate surface area is 69.4 Å². The highest BCUT2D eigenvalue weighted by Gasteiger charge is 1.98. The number of aryl methyl sites for hydroxylation is 1. The topological polar surface area (TPSA) is 42.0 Å². The minimum atomic E-state index is 0.308. The van der Waals surface area contributed by atoms with Crippen LogP contribution in [0.5, 0.6) is 0 Å². The van der Waals surface area contributed by atoms with Gasteiger partial charge < -0.3 is 5.32 Å². The summed E-state index contributed by atoms with van der Waals surface area (Å²) in [6.45, 7) is 1.87. The van der Waals surface area contributed by atoms with Gasteiger partial charge in [0.15, 0.2) is 5.15 Å². The van der Waals surface area contributed by atoms with Crippen molar-refractivity contribution < 1.29 is 4.79 Å².